The lowest BCUT2D eigenvalue weighted by Gasteiger charge is -2.33. The summed E-state index contributed by atoms with van der Waals surface area (Å²) >= 11 is 0. The number of alkyl halides is 1. The molecule has 0 radical (unpaired) electrons. The van der Waals surface area contributed by atoms with Gasteiger partial charge in [0.15, 0.2) is 9.84 Å². The van der Waals surface area contributed by atoms with E-state index in [4.69, 9.17) is 0 Å². The fourth-order valence-electron chi connectivity index (χ4n) is 1.71. The van der Waals surface area contributed by atoms with Crippen LogP contribution in [-0.4, -0.2) is 50.1 Å². The van der Waals surface area contributed by atoms with E-state index >= 15 is 0 Å². The van der Waals surface area contributed by atoms with Crippen LogP contribution in [0, 0.1) is 0 Å². The smallest absolute Gasteiger partial charge is 0.153 e. The van der Waals surface area contributed by atoms with Gasteiger partial charge in [-0.2, -0.15) is 0 Å². The first-order valence-corrected chi connectivity index (χ1v) is 6.81. The molecule has 1 heterocycles. The van der Waals surface area contributed by atoms with Crippen LogP contribution < -0.4 is 0 Å². The van der Waals surface area contributed by atoms with Crippen molar-refractivity contribution in [2.24, 2.45) is 0 Å². The Labute approximate surface area is 85.2 Å². The summed E-state index contributed by atoms with van der Waals surface area (Å²) in [5.41, 5.74) is 0. The van der Waals surface area contributed by atoms with Crippen molar-refractivity contribution in [3.05, 3.63) is 0 Å². The molecular formula is C9H18FNO2S. The summed E-state index contributed by atoms with van der Waals surface area (Å²) in [4.78, 5) is 2.05. The summed E-state index contributed by atoms with van der Waals surface area (Å²) in [5, 5.41) is 0. The van der Waals surface area contributed by atoms with Crippen molar-refractivity contribution in [1.29, 1.82) is 0 Å². The van der Waals surface area contributed by atoms with Crippen molar-refractivity contribution in [3.8, 4) is 0 Å². The normalized spacial score (nSPS) is 30.1. The van der Waals surface area contributed by atoms with Crippen molar-refractivity contribution in [2.75, 3.05) is 24.6 Å². The molecule has 14 heavy (non-hydrogen) atoms. The van der Waals surface area contributed by atoms with E-state index in [1.807, 2.05) is 6.92 Å². The number of hydrogen-bond donors (Lipinski definition) is 0. The van der Waals surface area contributed by atoms with E-state index in [-0.39, 0.29) is 17.5 Å². The minimum atomic E-state index is -2.84. The first-order chi connectivity index (χ1) is 6.41. The predicted octanol–water partition coefficient (Wildman–Crippen LogP) is 0.853. The van der Waals surface area contributed by atoms with Gasteiger partial charge in [-0.1, -0.05) is 0 Å². The van der Waals surface area contributed by atoms with Crippen LogP contribution in [0.3, 0.4) is 0 Å². The lowest BCUT2D eigenvalue weighted by Crippen LogP contribution is -2.47. The van der Waals surface area contributed by atoms with Crippen LogP contribution in [0.4, 0.5) is 4.39 Å². The van der Waals surface area contributed by atoms with Gasteiger partial charge in [-0.05, 0) is 20.3 Å². The second-order valence-corrected chi connectivity index (χ2v) is 6.30. The van der Waals surface area contributed by atoms with Crippen LogP contribution in [0.1, 0.15) is 20.3 Å². The van der Waals surface area contributed by atoms with Gasteiger partial charge in [0.05, 0.1) is 17.7 Å². The Bertz CT molecular complexity index is 277. The Kier molecular flexibility index (Phi) is 3.89. The first-order valence-electron chi connectivity index (χ1n) is 4.99. The molecule has 0 aromatic rings. The van der Waals surface area contributed by atoms with E-state index in [1.54, 1.807) is 0 Å². The van der Waals surface area contributed by atoms with E-state index in [1.165, 1.54) is 6.92 Å². The quantitative estimate of drug-likeness (QED) is 0.712. The highest BCUT2D eigenvalue weighted by Crippen LogP contribution is 2.12. The summed E-state index contributed by atoms with van der Waals surface area (Å²) in [6.07, 6.45) is -0.314. The Morgan fingerprint density at radius 1 is 1.57 bits per heavy atom. The topological polar surface area (TPSA) is 37.4 Å². The van der Waals surface area contributed by atoms with Crippen molar-refractivity contribution in [1.82, 2.24) is 4.90 Å². The summed E-state index contributed by atoms with van der Waals surface area (Å²) in [6, 6.07) is 0.0347. The second-order valence-electron chi connectivity index (χ2n) is 4.07. The van der Waals surface area contributed by atoms with E-state index in [0.29, 0.717) is 19.5 Å². The van der Waals surface area contributed by atoms with Gasteiger partial charge in [-0.25, -0.2) is 12.8 Å². The Balaban J connectivity index is 2.42. The third kappa shape index (κ3) is 3.53. The van der Waals surface area contributed by atoms with Gasteiger partial charge >= 0.3 is 0 Å². The van der Waals surface area contributed by atoms with Gasteiger partial charge in [-0.15, -0.1) is 0 Å². The van der Waals surface area contributed by atoms with Gasteiger partial charge in [0.25, 0.3) is 0 Å². The molecule has 5 heteroatoms. The lowest BCUT2D eigenvalue weighted by molar-refractivity contribution is 0.198. The largest absolute Gasteiger partial charge is 0.299 e. The fourth-order valence-corrected chi connectivity index (χ4v) is 3.33. The van der Waals surface area contributed by atoms with Crippen molar-refractivity contribution in [3.63, 3.8) is 0 Å². The zero-order chi connectivity index (χ0) is 10.8. The minimum Gasteiger partial charge on any atom is -0.299 e. The van der Waals surface area contributed by atoms with Gasteiger partial charge < -0.3 is 0 Å². The number of sulfone groups is 1. The predicted molar refractivity (Wildman–Crippen MR) is 54.9 cm³/mol. The molecular weight excluding hydrogens is 205 g/mol. The third-order valence-corrected chi connectivity index (χ3v) is 4.42. The summed E-state index contributed by atoms with van der Waals surface area (Å²) in [6.45, 7) is 4.63. The van der Waals surface area contributed by atoms with Gasteiger partial charge in [0, 0.05) is 19.1 Å². The summed E-state index contributed by atoms with van der Waals surface area (Å²) in [7, 11) is -2.84. The summed E-state index contributed by atoms with van der Waals surface area (Å²) < 4.78 is 35.1. The number of hydrogen-bond acceptors (Lipinski definition) is 3. The average molecular weight is 223 g/mol. The monoisotopic (exact) mass is 223 g/mol. The zero-order valence-electron chi connectivity index (χ0n) is 8.74. The zero-order valence-corrected chi connectivity index (χ0v) is 9.56. The average Bonchev–Trinajstić information content (AvgIpc) is 2.00. The number of halogens is 1. The van der Waals surface area contributed by atoms with Gasteiger partial charge in [0.1, 0.15) is 0 Å². The van der Waals surface area contributed by atoms with Crippen molar-refractivity contribution in [2.45, 2.75) is 32.5 Å². The van der Waals surface area contributed by atoms with Crippen molar-refractivity contribution < 1.29 is 12.8 Å². The molecule has 3 nitrogen and oxygen atoms in total. The van der Waals surface area contributed by atoms with Gasteiger partial charge in [-0.3, -0.25) is 4.90 Å². The fraction of sp³-hybridized carbons (Fsp3) is 1.00. The molecule has 0 saturated carbocycles. The third-order valence-electron chi connectivity index (χ3n) is 2.62. The van der Waals surface area contributed by atoms with E-state index in [2.05, 4.69) is 4.90 Å². The molecule has 1 aliphatic rings. The Morgan fingerprint density at radius 2 is 2.21 bits per heavy atom. The molecule has 0 aromatic heterocycles. The van der Waals surface area contributed by atoms with E-state index in [9.17, 15) is 12.8 Å². The molecule has 0 aromatic carbocycles. The molecule has 1 rings (SSSR count). The molecule has 0 aliphatic carbocycles. The van der Waals surface area contributed by atoms with Crippen LogP contribution >= 0.6 is 0 Å². The Hall–Kier alpha value is -0.160. The highest BCUT2D eigenvalue weighted by Gasteiger charge is 2.27. The molecule has 0 bridgehead atoms. The Morgan fingerprint density at radius 3 is 2.71 bits per heavy atom. The van der Waals surface area contributed by atoms with Crippen LogP contribution in [0.25, 0.3) is 0 Å². The van der Waals surface area contributed by atoms with Gasteiger partial charge in [0.2, 0.25) is 0 Å². The maximum absolute atomic E-state index is 12.6. The number of nitrogens with zero attached hydrogens (tertiary/aromatic N) is 1. The molecule has 1 fully saturated rings. The molecule has 0 amide bonds. The lowest BCUT2D eigenvalue weighted by atomic mass is 10.2. The summed E-state index contributed by atoms with van der Waals surface area (Å²) in [5.74, 6) is 0.436. The molecule has 2 atom stereocenters. The molecule has 0 spiro atoms. The molecule has 1 aliphatic heterocycles. The first kappa shape index (κ1) is 11.9. The SMILES string of the molecule is C[C@@H](F)CCN1CCS(=O)(=O)C[C@@H]1C. The molecule has 84 valence electrons. The van der Waals surface area contributed by atoms with Crippen molar-refractivity contribution >= 4 is 9.84 Å². The van der Waals surface area contributed by atoms with Crippen LogP contribution in [0.2, 0.25) is 0 Å². The molecule has 1 saturated heterocycles. The minimum absolute atomic E-state index is 0.0347. The highest BCUT2D eigenvalue weighted by atomic mass is 32.2. The standard InChI is InChI=1S/C9H18FNO2S/c1-8(10)3-4-11-5-6-14(12,13)7-9(11)2/h8-9H,3-7H2,1-2H3/t8-,9+/m1/s1. The molecule has 0 unspecified atom stereocenters. The second kappa shape index (κ2) is 4.57. The van der Waals surface area contributed by atoms with E-state index < -0.39 is 16.0 Å². The van der Waals surface area contributed by atoms with Crippen LogP contribution in [-0.2, 0) is 9.84 Å². The highest BCUT2D eigenvalue weighted by molar-refractivity contribution is 7.91. The van der Waals surface area contributed by atoms with Crippen LogP contribution in [0.5, 0.6) is 0 Å². The maximum Gasteiger partial charge on any atom is 0.153 e. The number of rotatable bonds is 3. The maximum atomic E-state index is 12.6. The van der Waals surface area contributed by atoms with Crippen LogP contribution in [0.15, 0.2) is 0 Å². The van der Waals surface area contributed by atoms with E-state index in [0.717, 1.165) is 0 Å². The molecule has 0 N–H and O–H groups in total.